The highest BCUT2D eigenvalue weighted by molar-refractivity contribution is 5.75. The number of aliphatic carboxylic acids is 1. The molecule has 110 valence electrons. The first-order chi connectivity index (χ1) is 9.51. The maximum Gasteiger partial charge on any atom is 0.325 e. The Hall–Kier alpha value is -1.39. The monoisotopic (exact) mass is 277 g/mol. The molecule has 4 nitrogen and oxygen atoms in total. The molecule has 20 heavy (non-hydrogen) atoms. The number of carboxylic acids is 1. The third-order valence-electron chi connectivity index (χ3n) is 3.75. The van der Waals surface area contributed by atoms with Crippen LogP contribution in [-0.4, -0.2) is 41.3 Å². The Kier molecular flexibility index (Phi) is 4.78. The molecule has 1 aliphatic heterocycles. The van der Waals surface area contributed by atoms with Crippen LogP contribution < -0.4 is 0 Å². The van der Waals surface area contributed by atoms with Crippen LogP contribution >= 0.6 is 0 Å². The quantitative estimate of drug-likeness (QED) is 0.918. The van der Waals surface area contributed by atoms with Crippen molar-refractivity contribution in [2.45, 2.75) is 45.4 Å². The van der Waals surface area contributed by atoms with Crippen molar-refractivity contribution in [3.05, 3.63) is 35.4 Å². The van der Waals surface area contributed by atoms with Crippen molar-refractivity contribution < 1.29 is 14.6 Å². The number of rotatable bonds is 4. The number of benzene rings is 1. The summed E-state index contributed by atoms with van der Waals surface area (Å²) in [6, 6.07) is 7.30. The summed E-state index contributed by atoms with van der Waals surface area (Å²) in [4.78, 5) is 13.7. The first-order valence-electron chi connectivity index (χ1n) is 7.22. The summed E-state index contributed by atoms with van der Waals surface area (Å²) in [5.74, 6) is -0.796. The highest BCUT2D eigenvalue weighted by Crippen LogP contribution is 2.25. The normalized spacial score (nSPS) is 25.4. The van der Waals surface area contributed by atoms with Gasteiger partial charge in [0.15, 0.2) is 0 Å². The van der Waals surface area contributed by atoms with E-state index >= 15 is 0 Å². The van der Waals surface area contributed by atoms with Crippen LogP contribution in [0.2, 0.25) is 0 Å². The average Bonchev–Trinajstić information content (AvgIpc) is 2.38. The van der Waals surface area contributed by atoms with Crippen LogP contribution in [0.3, 0.4) is 0 Å². The largest absolute Gasteiger partial charge is 0.480 e. The zero-order valence-corrected chi connectivity index (χ0v) is 12.4. The molecule has 1 saturated heterocycles. The van der Waals surface area contributed by atoms with Gasteiger partial charge in [-0.3, -0.25) is 9.69 Å². The summed E-state index contributed by atoms with van der Waals surface area (Å²) in [7, 11) is 0. The summed E-state index contributed by atoms with van der Waals surface area (Å²) in [5, 5.41) is 9.60. The van der Waals surface area contributed by atoms with Gasteiger partial charge in [0.2, 0.25) is 0 Å². The lowest BCUT2D eigenvalue weighted by Crippen LogP contribution is -2.48. The maximum absolute atomic E-state index is 11.7. The van der Waals surface area contributed by atoms with Crippen LogP contribution in [0.15, 0.2) is 24.3 Å². The van der Waals surface area contributed by atoms with Crippen molar-refractivity contribution >= 4 is 5.97 Å². The average molecular weight is 277 g/mol. The zero-order valence-electron chi connectivity index (χ0n) is 12.4. The molecule has 3 unspecified atom stereocenters. The summed E-state index contributed by atoms with van der Waals surface area (Å²) in [5.41, 5.74) is 2.07. The van der Waals surface area contributed by atoms with Gasteiger partial charge in [0.25, 0.3) is 0 Å². The molecule has 1 aromatic carbocycles. The Balaban J connectivity index is 2.23. The van der Waals surface area contributed by atoms with E-state index in [9.17, 15) is 9.90 Å². The second-order valence-corrected chi connectivity index (χ2v) is 5.55. The van der Waals surface area contributed by atoms with Crippen molar-refractivity contribution in [1.82, 2.24) is 4.90 Å². The Morgan fingerprint density at radius 3 is 2.30 bits per heavy atom. The van der Waals surface area contributed by atoms with Gasteiger partial charge >= 0.3 is 5.97 Å². The Bertz CT molecular complexity index is 447. The molecular formula is C16H23NO3. The highest BCUT2D eigenvalue weighted by Gasteiger charge is 2.33. The van der Waals surface area contributed by atoms with Crippen molar-refractivity contribution in [3.8, 4) is 0 Å². The van der Waals surface area contributed by atoms with Gasteiger partial charge < -0.3 is 9.84 Å². The summed E-state index contributed by atoms with van der Waals surface area (Å²) in [6.07, 6.45) is 1.09. The van der Waals surface area contributed by atoms with Gasteiger partial charge in [-0.15, -0.1) is 0 Å². The van der Waals surface area contributed by atoms with Crippen molar-refractivity contribution in [2.24, 2.45) is 0 Å². The highest BCUT2D eigenvalue weighted by atomic mass is 16.5. The molecule has 1 aromatic rings. The molecule has 0 spiro atoms. The minimum Gasteiger partial charge on any atom is -0.480 e. The number of carboxylic acid groups (broad SMARTS) is 1. The van der Waals surface area contributed by atoms with Gasteiger partial charge in [0.05, 0.1) is 12.2 Å². The zero-order chi connectivity index (χ0) is 14.7. The van der Waals surface area contributed by atoms with Crippen molar-refractivity contribution in [3.63, 3.8) is 0 Å². The van der Waals surface area contributed by atoms with Crippen molar-refractivity contribution in [2.75, 3.05) is 13.1 Å². The third kappa shape index (κ3) is 3.38. The number of ether oxygens (including phenoxy) is 1. The Morgan fingerprint density at radius 2 is 1.85 bits per heavy atom. The molecular weight excluding hydrogens is 254 g/mol. The van der Waals surface area contributed by atoms with Crippen LogP contribution in [0.1, 0.15) is 37.9 Å². The molecule has 1 N–H and O–H groups in total. The minimum absolute atomic E-state index is 0.0653. The third-order valence-corrected chi connectivity index (χ3v) is 3.75. The van der Waals surface area contributed by atoms with Crippen LogP contribution in [0, 0.1) is 0 Å². The van der Waals surface area contributed by atoms with Gasteiger partial charge in [0, 0.05) is 13.1 Å². The lowest BCUT2D eigenvalue weighted by atomic mass is 10.0. The Morgan fingerprint density at radius 1 is 1.30 bits per heavy atom. The fraction of sp³-hybridized carbons (Fsp3) is 0.562. The molecule has 0 bridgehead atoms. The lowest BCUT2D eigenvalue weighted by molar-refractivity contribution is -0.149. The second kappa shape index (κ2) is 6.37. The van der Waals surface area contributed by atoms with Crippen LogP contribution in [-0.2, 0) is 16.0 Å². The lowest BCUT2D eigenvalue weighted by Gasteiger charge is -2.38. The molecule has 0 amide bonds. The van der Waals surface area contributed by atoms with E-state index in [1.54, 1.807) is 0 Å². The van der Waals surface area contributed by atoms with Gasteiger partial charge in [-0.1, -0.05) is 31.2 Å². The van der Waals surface area contributed by atoms with E-state index < -0.39 is 12.0 Å². The van der Waals surface area contributed by atoms with E-state index in [0.29, 0.717) is 13.1 Å². The molecule has 2 rings (SSSR count). The van der Waals surface area contributed by atoms with Crippen LogP contribution in [0.25, 0.3) is 0 Å². The maximum atomic E-state index is 11.7. The van der Waals surface area contributed by atoms with Crippen LogP contribution in [0.5, 0.6) is 0 Å². The number of hydrogen-bond acceptors (Lipinski definition) is 3. The number of hydrogen-bond donors (Lipinski definition) is 1. The molecule has 3 atom stereocenters. The van der Waals surface area contributed by atoms with E-state index in [1.807, 2.05) is 43.0 Å². The van der Waals surface area contributed by atoms with E-state index in [2.05, 4.69) is 6.92 Å². The summed E-state index contributed by atoms with van der Waals surface area (Å²) in [6.45, 7) is 7.37. The summed E-state index contributed by atoms with van der Waals surface area (Å²) < 4.78 is 5.68. The van der Waals surface area contributed by atoms with Crippen LogP contribution in [0.4, 0.5) is 0 Å². The molecule has 1 aliphatic rings. The molecule has 4 heteroatoms. The topological polar surface area (TPSA) is 49.8 Å². The van der Waals surface area contributed by atoms with Gasteiger partial charge in [0.1, 0.15) is 6.04 Å². The van der Waals surface area contributed by atoms with E-state index in [1.165, 1.54) is 5.56 Å². The fourth-order valence-electron chi connectivity index (χ4n) is 2.87. The Labute approximate surface area is 120 Å². The second-order valence-electron chi connectivity index (χ2n) is 5.55. The van der Waals surface area contributed by atoms with E-state index in [-0.39, 0.29) is 12.2 Å². The van der Waals surface area contributed by atoms with Gasteiger partial charge in [-0.2, -0.15) is 0 Å². The first-order valence-corrected chi connectivity index (χ1v) is 7.22. The minimum atomic E-state index is -0.796. The van der Waals surface area contributed by atoms with E-state index in [0.717, 1.165) is 12.0 Å². The predicted molar refractivity (Wildman–Crippen MR) is 77.8 cm³/mol. The predicted octanol–water partition coefficient (Wildman–Crippen LogP) is 2.48. The standard InChI is InChI=1S/C16H23NO3/c1-4-13-5-7-14(8-6-13)15(16(18)19)17-9-11(2)20-12(3)10-17/h5-8,11-12,15H,4,9-10H2,1-3H3,(H,18,19). The number of morpholine rings is 1. The molecule has 0 saturated carbocycles. The fourth-order valence-corrected chi connectivity index (χ4v) is 2.87. The molecule has 0 radical (unpaired) electrons. The van der Waals surface area contributed by atoms with Gasteiger partial charge in [-0.25, -0.2) is 0 Å². The van der Waals surface area contributed by atoms with Crippen molar-refractivity contribution in [1.29, 1.82) is 0 Å². The van der Waals surface area contributed by atoms with E-state index in [4.69, 9.17) is 4.74 Å². The number of nitrogens with zero attached hydrogens (tertiary/aromatic N) is 1. The number of aryl methyl sites for hydroxylation is 1. The number of carbonyl (C=O) groups is 1. The molecule has 0 aliphatic carbocycles. The SMILES string of the molecule is CCc1ccc(C(C(=O)O)N2CC(C)OC(C)C2)cc1. The molecule has 1 heterocycles. The molecule has 0 aromatic heterocycles. The first kappa shape index (κ1) is 15.0. The summed E-state index contributed by atoms with van der Waals surface area (Å²) >= 11 is 0. The molecule has 1 fully saturated rings. The smallest absolute Gasteiger partial charge is 0.325 e. The van der Waals surface area contributed by atoms with Gasteiger partial charge in [-0.05, 0) is 31.4 Å².